The number of hydrogen-bond acceptors (Lipinski definition) is 1. The van der Waals surface area contributed by atoms with Crippen LogP contribution in [0.2, 0.25) is 5.02 Å². The van der Waals surface area contributed by atoms with Crippen molar-refractivity contribution in [3.05, 3.63) is 57.6 Å². The van der Waals surface area contributed by atoms with Gasteiger partial charge in [0, 0.05) is 6.07 Å². The largest absolute Gasteiger partial charge is 0.330 e. The Morgan fingerprint density at radius 2 is 1.95 bits per heavy atom. The maximum absolute atomic E-state index is 13.6. The summed E-state index contributed by atoms with van der Waals surface area (Å²) in [6.07, 6.45) is 0. The first kappa shape index (κ1) is 14.3. The van der Waals surface area contributed by atoms with Gasteiger partial charge in [0.05, 0.1) is 21.7 Å². The van der Waals surface area contributed by atoms with Gasteiger partial charge in [0.25, 0.3) is 0 Å². The third-order valence-corrected chi connectivity index (χ3v) is 4.10. The molecule has 1 heterocycles. The molecule has 2 aromatic carbocycles. The average molecular weight is 321 g/mol. The second-order valence-corrected chi connectivity index (χ2v) is 6.06. The molecule has 0 unspecified atom stereocenters. The normalized spacial score (nSPS) is 11.5. The van der Waals surface area contributed by atoms with E-state index in [2.05, 4.69) is 24.9 Å². The highest BCUT2D eigenvalue weighted by atomic mass is 35.5. The van der Waals surface area contributed by atoms with E-state index >= 15 is 0 Å². The summed E-state index contributed by atoms with van der Waals surface area (Å²) in [5.74, 6) is -0.103. The van der Waals surface area contributed by atoms with Crippen LogP contribution in [-0.4, -0.2) is 9.55 Å². The Kier molecular flexibility index (Phi) is 3.59. The standard InChI is InChI=1S/C16H14ClFN2S/c1-9(2)10-5-3-4-6-14(10)20-15-7-11(17)12(18)8-13(15)19-16(20)21/h3-9H,1-2H3,(H,19,21). The monoisotopic (exact) mass is 320 g/mol. The molecule has 108 valence electrons. The molecule has 0 saturated heterocycles. The van der Waals surface area contributed by atoms with E-state index in [1.165, 1.54) is 11.6 Å². The minimum atomic E-state index is -0.454. The van der Waals surface area contributed by atoms with Gasteiger partial charge in [0.1, 0.15) is 5.82 Å². The van der Waals surface area contributed by atoms with Crippen molar-refractivity contribution in [3.8, 4) is 5.69 Å². The third kappa shape index (κ3) is 2.39. The van der Waals surface area contributed by atoms with Crippen molar-refractivity contribution < 1.29 is 4.39 Å². The number of nitrogens with one attached hydrogen (secondary N) is 1. The molecule has 0 aliphatic heterocycles. The number of halogens is 2. The van der Waals surface area contributed by atoms with Gasteiger partial charge >= 0.3 is 0 Å². The molecule has 0 fully saturated rings. The molecule has 0 amide bonds. The molecule has 0 radical (unpaired) electrons. The second kappa shape index (κ2) is 5.28. The van der Waals surface area contributed by atoms with Crippen molar-refractivity contribution in [2.45, 2.75) is 19.8 Å². The molecular formula is C16H14ClFN2S. The fourth-order valence-corrected chi connectivity index (χ4v) is 2.99. The van der Waals surface area contributed by atoms with E-state index in [9.17, 15) is 4.39 Å². The number of imidazole rings is 1. The van der Waals surface area contributed by atoms with Crippen LogP contribution < -0.4 is 0 Å². The van der Waals surface area contributed by atoms with Gasteiger partial charge in [-0.15, -0.1) is 0 Å². The molecule has 0 aliphatic rings. The minimum absolute atomic E-state index is 0.0901. The van der Waals surface area contributed by atoms with Crippen LogP contribution in [0.5, 0.6) is 0 Å². The molecule has 1 N–H and O–H groups in total. The third-order valence-electron chi connectivity index (χ3n) is 3.52. The molecule has 0 bridgehead atoms. The van der Waals surface area contributed by atoms with Crippen LogP contribution in [0, 0.1) is 10.6 Å². The van der Waals surface area contributed by atoms with Gasteiger partial charge in [-0.05, 0) is 35.8 Å². The topological polar surface area (TPSA) is 20.7 Å². The number of hydrogen-bond donors (Lipinski definition) is 1. The average Bonchev–Trinajstić information content (AvgIpc) is 2.74. The number of fused-ring (bicyclic) bond motifs is 1. The van der Waals surface area contributed by atoms with Crippen LogP contribution in [0.3, 0.4) is 0 Å². The van der Waals surface area contributed by atoms with E-state index in [4.69, 9.17) is 23.8 Å². The van der Waals surface area contributed by atoms with Crippen molar-refractivity contribution in [1.82, 2.24) is 9.55 Å². The lowest BCUT2D eigenvalue weighted by Crippen LogP contribution is -2.01. The van der Waals surface area contributed by atoms with Gasteiger partial charge in [-0.1, -0.05) is 43.6 Å². The summed E-state index contributed by atoms with van der Waals surface area (Å²) in [5.41, 5.74) is 3.58. The van der Waals surface area contributed by atoms with Crippen molar-refractivity contribution in [1.29, 1.82) is 0 Å². The predicted molar refractivity (Wildman–Crippen MR) is 87.5 cm³/mol. The summed E-state index contributed by atoms with van der Waals surface area (Å²) in [4.78, 5) is 3.04. The summed E-state index contributed by atoms with van der Waals surface area (Å²) in [5, 5.41) is 0.0901. The Hall–Kier alpha value is -1.65. The number of H-pyrrole nitrogens is 1. The highest BCUT2D eigenvalue weighted by Gasteiger charge is 2.14. The Morgan fingerprint density at radius 3 is 2.67 bits per heavy atom. The zero-order valence-corrected chi connectivity index (χ0v) is 13.2. The lowest BCUT2D eigenvalue weighted by atomic mass is 10.0. The molecule has 5 heteroatoms. The van der Waals surface area contributed by atoms with Crippen LogP contribution in [0.4, 0.5) is 4.39 Å². The van der Waals surface area contributed by atoms with Gasteiger partial charge in [0.2, 0.25) is 0 Å². The highest BCUT2D eigenvalue weighted by molar-refractivity contribution is 7.71. The van der Waals surface area contributed by atoms with Crippen LogP contribution in [0.1, 0.15) is 25.3 Å². The SMILES string of the molecule is CC(C)c1ccccc1-n1c(=S)[nH]c2cc(F)c(Cl)cc21. The summed E-state index contributed by atoms with van der Waals surface area (Å²) in [6.45, 7) is 4.26. The number of rotatable bonds is 2. The molecule has 2 nitrogen and oxygen atoms in total. The molecule has 0 spiro atoms. The molecule has 0 aliphatic carbocycles. The number of aromatic amines is 1. The van der Waals surface area contributed by atoms with Gasteiger partial charge < -0.3 is 4.98 Å². The first-order valence-corrected chi connectivity index (χ1v) is 7.46. The fraction of sp³-hybridized carbons (Fsp3) is 0.188. The Labute approximate surface area is 132 Å². The van der Waals surface area contributed by atoms with Gasteiger partial charge in [0.15, 0.2) is 4.77 Å². The summed E-state index contributed by atoms with van der Waals surface area (Å²) in [7, 11) is 0. The zero-order valence-electron chi connectivity index (χ0n) is 11.7. The van der Waals surface area contributed by atoms with Gasteiger partial charge in [-0.2, -0.15) is 0 Å². The van der Waals surface area contributed by atoms with Gasteiger partial charge in [-0.25, -0.2) is 4.39 Å². The maximum Gasteiger partial charge on any atom is 0.182 e. The van der Waals surface area contributed by atoms with Crippen molar-refractivity contribution in [2.75, 3.05) is 0 Å². The summed E-state index contributed by atoms with van der Waals surface area (Å²) in [6, 6.07) is 11.0. The highest BCUT2D eigenvalue weighted by Crippen LogP contribution is 2.29. The van der Waals surface area contributed by atoms with E-state index in [1.54, 1.807) is 6.07 Å². The number of para-hydroxylation sites is 1. The Bertz CT molecular complexity index is 880. The van der Waals surface area contributed by atoms with Gasteiger partial charge in [-0.3, -0.25) is 4.57 Å². The number of nitrogens with zero attached hydrogens (tertiary/aromatic N) is 1. The van der Waals surface area contributed by atoms with Crippen molar-refractivity contribution in [3.63, 3.8) is 0 Å². The van der Waals surface area contributed by atoms with E-state index < -0.39 is 5.82 Å². The molecule has 0 saturated carbocycles. The van der Waals surface area contributed by atoms with Crippen LogP contribution in [0.25, 0.3) is 16.7 Å². The molecule has 3 aromatic rings. The van der Waals surface area contributed by atoms with E-state index in [1.807, 2.05) is 22.8 Å². The summed E-state index contributed by atoms with van der Waals surface area (Å²) >= 11 is 11.3. The Morgan fingerprint density at radius 1 is 1.24 bits per heavy atom. The van der Waals surface area contributed by atoms with E-state index in [0.29, 0.717) is 16.2 Å². The first-order valence-electron chi connectivity index (χ1n) is 6.68. The van der Waals surface area contributed by atoms with E-state index in [-0.39, 0.29) is 5.02 Å². The number of benzene rings is 2. The zero-order chi connectivity index (χ0) is 15.1. The lowest BCUT2D eigenvalue weighted by molar-refractivity contribution is 0.630. The lowest BCUT2D eigenvalue weighted by Gasteiger charge is -2.14. The number of aromatic nitrogens is 2. The van der Waals surface area contributed by atoms with Crippen LogP contribution in [0.15, 0.2) is 36.4 Å². The van der Waals surface area contributed by atoms with Crippen LogP contribution in [-0.2, 0) is 0 Å². The molecule has 3 rings (SSSR count). The predicted octanol–water partition coefficient (Wildman–Crippen LogP) is 5.60. The van der Waals surface area contributed by atoms with E-state index in [0.717, 1.165) is 11.2 Å². The molecule has 21 heavy (non-hydrogen) atoms. The maximum atomic E-state index is 13.6. The summed E-state index contributed by atoms with van der Waals surface area (Å²) < 4.78 is 16.0. The smallest absolute Gasteiger partial charge is 0.182 e. The Balaban J connectivity index is 2.38. The fourth-order valence-electron chi connectivity index (χ4n) is 2.52. The second-order valence-electron chi connectivity index (χ2n) is 5.26. The minimum Gasteiger partial charge on any atom is -0.330 e. The van der Waals surface area contributed by atoms with Crippen molar-refractivity contribution >= 4 is 34.9 Å². The van der Waals surface area contributed by atoms with Crippen LogP contribution >= 0.6 is 23.8 Å². The molecule has 0 atom stereocenters. The quantitative estimate of drug-likeness (QED) is 0.609. The first-order chi connectivity index (χ1) is 9.99. The molecular weight excluding hydrogens is 307 g/mol. The molecule has 1 aromatic heterocycles. The van der Waals surface area contributed by atoms with Crippen molar-refractivity contribution in [2.24, 2.45) is 0 Å².